The monoisotopic (exact) mass is 361 g/mol. The second-order valence-electron chi connectivity index (χ2n) is 7.28. The lowest BCUT2D eigenvalue weighted by atomic mass is 9.89. The molecule has 5 nitrogen and oxygen atoms in total. The SMILES string of the molecule is CC1CCc2c(cc(-c3cc4ccccc4o3)n2-c2ccc(C(=O)O)o2)C1. The van der Waals surface area contributed by atoms with Crippen LogP contribution in [0.4, 0.5) is 0 Å². The fourth-order valence-corrected chi connectivity index (χ4v) is 4.02. The second kappa shape index (κ2) is 5.91. The van der Waals surface area contributed by atoms with E-state index in [9.17, 15) is 9.90 Å². The summed E-state index contributed by atoms with van der Waals surface area (Å²) in [6.45, 7) is 2.26. The lowest BCUT2D eigenvalue weighted by molar-refractivity contribution is 0.0662. The number of aromatic carboxylic acids is 1. The van der Waals surface area contributed by atoms with E-state index in [1.807, 2.05) is 34.9 Å². The first-order chi connectivity index (χ1) is 13.1. The summed E-state index contributed by atoms with van der Waals surface area (Å²) < 4.78 is 13.8. The van der Waals surface area contributed by atoms with Crippen molar-refractivity contribution in [2.45, 2.75) is 26.2 Å². The molecule has 0 saturated heterocycles. The normalized spacial score (nSPS) is 16.6. The highest BCUT2D eigenvalue weighted by Crippen LogP contribution is 2.37. The molecule has 5 rings (SSSR count). The Morgan fingerprint density at radius 2 is 2.00 bits per heavy atom. The van der Waals surface area contributed by atoms with Crippen molar-refractivity contribution in [2.24, 2.45) is 5.92 Å². The van der Waals surface area contributed by atoms with Crippen molar-refractivity contribution in [1.82, 2.24) is 4.57 Å². The molecule has 5 heteroatoms. The number of nitrogens with zero attached hydrogens (tertiary/aromatic N) is 1. The molecule has 3 heterocycles. The average molecular weight is 361 g/mol. The maximum Gasteiger partial charge on any atom is 0.371 e. The molecule has 1 unspecified atom stereocenters. The Hall–Kier alpha value is -3.21. The molecular weight excluding hydrogens is 342 g/mol. The predicted octanol–water partition coefficient (Wildman–Crippen LogP) is 5.31. The summed E-state index contributed by atoms with van der Waals surface area (Å²) in [4.78, 5) is 11.3. The number of para-hydroxylation sites is 1. The molecule has 1 aliphatic rings. The number of hydrogen-bond acceptors (Lipinski definition) is 3. The maximum absolute atomic E-state index is 11.3. The smallest absolute Gasteiger partial charge is 0.371 e. The number of carboxylic acid groups (broad SMARTS) is 1. The molecule has 4 aromatic rings. The van der Waals surface area contributed by atoms with E-state index in [2.05, 4.69) is 13.0 Å². The zero-order valence-corrected chi connectivity index (χ0v) is 14.9. The van der Waals surface area contributed by atoms with Gasteiger partial charge in [-0.05, 0) is 55.0 Å². The number of fused-ring (bicyclic) bond motifs is 2. The molecule has 1 aromatic carbocycles. The number of carboxylic acids is 1. The summed E-state index contributed by atoms with van der Waals surface area (Å²) in [6, 6.07) is 15.3. The van der Waals surface area contributed by atoms with Crippen LogP contribution >= 0.6 is 0 Å². The zero-order chi connectivity index (χ0) is 18.5. The molecule has 0 radical (unpaired) electrons. The van der Waals surface area contributed by atoms with Crippen molar-refractivity contribution >= 4 is 16.9 Å². The number of rotatable bonds is 3. The van der Waals surface area contributed by atoms with Crippen molar-refractivity contribution in [2.75, 3.05) is 0 Å². The largest absolute Gasteiger partial charge is 0.475 e. The highest BCUT2D eigenvalue weighted by Gasteiger charge is 2.26. The highest BCUT2D eigenvalue weighted by molar-refractivity contribution is 5.85. The van der Waals surface area contributed by atoms with Crippen LogP contribution in [0.25, 0.3) is 28.3 Å². The molecule has 1 N–H and O–H groups in total. The third kappa shape index (κ3) is 2.58. The summed E-state index contributed by atoms with van der Waals surface area (Å²) in [5.74, 6) is 0.765. The zero-order valence-electron chi connectivity index (χ0n) is 14.9. The first-order valence-electron chi connectivity index (χ1n) is 9.16. The van der Waals surface area contributed by atoms with Gasteiger partial charge in [-0.15, -0.1) is 0 Å². The van der Waals surface area contributed by atoms with Crippen molar-refractivity contribution in [1.29, 1.82) is 0 Å². The number of benzene rings is 1. The van der Waals surface area contributed by atoms with Gasteiger partial charge in [0.25, 0.3) is 0 Å². The van der Waals surface area contributed by atoms with Crippen LogP contribution in [0.5, 0.6) is 0 Å². The van der Waals surface area contributed by atoms with E-state index in [1.165, 1.54) is 17.3 Å². The Kier molecular flexibility index (Phi) is 3.50. The maximum atomic E-state index is 11.3. The predicted molar refractivity (Wildman–Crippen MR) is 101 cm³/mol. The van der Waals surface area contributed by atoms with Gasteiger partial charge in [-0.3, -0.25) is 4.57 Å². The van der Waals surface area contributed by atoms with Gasteiger partial charge >= 0.3 is 5.97 Å². The molecule has 27 heavy (non-hydrogen) atoms. The van der Waals surface area contributed by atoms with Crippen LogP contribution in [0.3, 0.4) is 0 Å². The summed E-state index contributed by atoms with van der Waals surface area (Å²) >= 11 is 0. The summed E-state index contributed by atoms with van der Waals surface area (Å²) in [7, 11) is 0. The van der Waals surface area contributed by atoms with E-state index < -0.39 is 5.97 Å². The van der Waals surface area contributed by atoms with Crippen molar-refractivity contribution in [3.05, 3.63) is 65.5 Å². The summed E-state index contributed by atoms with van der Waals surface area (Å²) in [5.41, 5.74) is 4.18. The van der Waals surface area contributed by atoms with Gasteiger partial charge in [0.05, 0.1) is 5.69 Å². The molecule has 0 spiro atoms. The van der Waals surface area contributed by atoms with E-state index in [4.69, 9.17) is 8.83 Å². The molecule has 1 aliphatic carbocycles. The minimum atomic E-state index is -1.07. The summed E-state index contributed by atoms with van der Waals surface area (Å²) in [5, 5.41) is 10.3. The minimum Gasteiger partial charge on any atom is -0.475 e. The average Bonchev–Trinajstić information content (AvgIpc) is 3.36. The summed E-state index contributed by atoms with van der Waals surface area (Å²) in [6.07, 6.45) is 3.03. The molecule has 0 aliphatic heterocycles. The Bertz CT molecular complexity index is 1130. The number of hydrogen-bond donors (Lipinski definition) is 1. The van der Waals surface area contributed by atoms with Crippen LogP contribution in [0, 0.1) is 5.92 Å². The third-order valence-corrected chi connectivity index (χ3v) is 5.34. The lowest BCUT2D eigenvalue weighted by Crippen LogP contribution is -2.13. The highest BCUT2D eigenvalue weighted by atomic mass is 16.4. The third-order valence-electron chi connectivity index (χ3n) is 5.34. The lowest BCUT2D eigenvalue weighted by Gasteiger charge is -2.20. The van der Waals surface area contributed by atoms with Crippen LogP contribution in [0.1, 0.15) is 35.2 Å². The van der Waals surface area contributed by atoms with Crippen LogP contribution < -0.4 is 0 Å². The molecule has 0 fully saturated rings. The van der Waals surface area contributed by atoms with Gasteiger partial charge in [0.2, 0.25) is 11.6 Å². The molecule has 136 valence electrons. The van der Waals surface area contributed by atoms with Gasteiger partial charge in [-0.25, -0.2) is 4.79 Å². The molecule has 0 saturated carbocycles. The number of carbonyl (C=O) groups is 1. The topological polar surface area (TPSA) is 68.5 Å². The van der Waals surface area contributed by atoms with Crippen LogP contribution in [0.2, 0.25) is 0 Å². The Labute approximate surface area is 155 Å². The fraction of sp³-hybridized carbons (Fsp3) is 0.227. The molecule has 0 amide bonds. The van der Waals surface area contributed by atoms with Gasteiger partial charge in [0.15, 0.2) is 5.76 Å². The number of aromatic nitrogens is 1. The van der Waals surface area contributed by atoms with E-state index in [1.54, 1.807) is 6.07 Å². The Balaban J connectivity index is 1.73. The van der Waals surface area contributed by atoms with Crippen LogP contribution in [-0.2, 0) is 12.8 Å². The van der Waals surface area contributed by atoms with Crippen molar-refractivity contribution < 1.29 is 18.7 Å². The fourth-order valence-electron chi connectivity index (χ4n) is 4.02. The van der Waals surface area contributed by atoms with Crippen LogP contribution in [-0.4, -0.2) is 15.6 Å². The molecule has 0 bridgehead atoms. The van der Waals surface area contributed by atoms with Gasteiger partial charge in [-0.2, -0.15) is 0 Å². The van der Waals surface area contributed by atoms with Crippen molar-refractivity contribution in [3.63, 3.8) is 0 Å². The van der Waals surface area contributed by atoms with E-state index in [-0.39, 0.29) is 5.76 Å². The van der Waals surface area contributed by atoms with E-state index >= 15 is 0 Å². The van der Waals surface area contributed by atoms with E-state index in [0.717, 1.165) is 41.7 Å². The first kappa shape index (κ1) is 16.0. The standard InChI is InChI=1S/C22H19NO4/c1-13-6-7-16-15(10-13)11-17(20-12-14-4-2-3-5-18(14)26-20)23(16)21-9-8-19(27-21)22(24)25/h2-5,8-9,11-13H,6-7,10H2,1H3,(H,24,25). The van der Waals surface area contributed by atoms with Gasteiger partial charge in [-0.1, -0.05) is 25.1 Å². The number of furan rings is 2. The van der Waals surface area contributed by atoms with Gasteiger partial charge in [0, 0.05) is 17.1 Å². The second-order valence-corrected chi connectivity index (χ2v) is 7.28. The Morgan fingerprint density at radius 1 is 1.15 bits per heavy atom. The van der Waals surface area contributed by atoms with Gasteiger partial charge < -0.3 is 13.9 Å². The van der Waals surface area contributed by atoms with Crippen molar-refractivity contribution in [3.8, 4) is 17.3 Å². The molecule has 1 atom stereocenters. The first-order valence-corrected chi connectivity index (χ1v) is 9.16. The molecule has 3 aromatic heterocycles. The minimum absolute atomic E-state index is 0.0628. The quantitative estimate of drug-likeness (QED) is 0.537. The Morgan fingerprint density at radius 3 is 2.78 bits per heavy atom. The molecular formula is C22H19NO4. The van der Waals surface area contributed by atoms with Gasteiger partial charge in [0.1, 0.15) is 5.58 Å². The van der Waals surface area contributed by atoms with Crippen LogP contribution in [0.15, 0.2) is 57.4 Å². The van der Waals surface area contributed by atoms with E-state index in [0.29, 0.717) is 11.8 Å².